The quantitative estimate of drug-likeness (QED) is 0.500. The van der Waals surface area contributed by atoms with E-state index in [9.17, 15) is 0 Å². The van der Waals surface area contributed by atoms with E-state index in [2.05, 4.69) is 68.3 Å². The SMILES string of the molecule is Brc1ccc2sc3cccc(Br)c3c2c1. The molecule has 0 aliphatic heterocycles. The second-order valence-corrected chi connectivity index (χ2v) is 6.21. The van der Waals surface area contributed by atoms with Crippen molar-refractivity contribution in [2.45, 2.75) is 0 Å². The summed E-state index contributed by atoms with van der Waals surface area (Å²) in [5.74, 6) is 0. The summed E-state index contributed by atoms with van der Waals surface area (Å²) >= 11 is 8.96. The van der Waals surface area contributed by atoms with Crippen molar-refractivity contribution >= 4 is 63.4 Å². The van der Waals surface area contributed by atoms with Gasteiger partial charge in [-0.25, -0.2) is 0 Å². The van der Waals surface area contributed by atoms with Crippen LogP contribution in [0.3, 0.4) is 0 Å². The molecular weight excluding hydrogens is 336 g/mol. The fourth-order valence-corrected chi connectivity index (χ4v) is 3.94. The number of thiophene rings is 1. The van der Waals surface area contributed by atoms with Gasteiger partial charge in [0.05, 0.1) is 0 Å². The van der Waals surface area contributed by atoms with Gasteiger partial charge >= 0.3 is 0 Å². The predicted octanol–water partition coefficient (Wildman–Crippen LogP) is 5.58. The van der Waals surface area contributed by atoms with Crippen LogP contribution in [0.1, 0.15) is 0 Å². The summed E-state index contributed by atoms with van der Waals surface area (Å²) in [6.45, 7) is 0. The number of rotatable bonds is 0. The Morgan fingerprint density at radius 3 is 2.67 bits per heavy atom. The van der Waals surface area contributed by atoms with Gasteiger partial charge in [0.2, 0.25) is 0 Å². The molecule has 0 saturated carbocycles. The van der Waals surface area contributed by atoms with Crippen molar-refractivity contribution in [3.63, 3.8) is 0 Å². The van der Waals surface area contributed by atoms with Crippen LogP contribution < -0.4 is 0 Å². The first-order valence-electron chi connectivity index (χ1n) is 4.52. The molecule has 0 aliphatic carbocycles. The fourth-order valence-electron chi connectivity index (χ4n) is 1.76. The highest BCUT2D eigenvalue weighted by Crippen LogP contribution is 2.38. The van der Waals surface area contributed by atoms with E-state index in [0.717, 1.165) is 4.47 Å². The Balaban J connectivity index is 2.61. The fraction of sp³-hybridized carbons (Fsp3) is 0. The molecule has 74 valence electrons. The van der Waals surface area contributed by atoms with E-state index in [0.29, 0.717) is 0 Å². The van der Waals surface area contributed by atoms with Crippen LogP contribution in [-0.2, 0) is 0 Å². The van der Waals surface area contributed by atoms with Gasteiger partial charge in [0.25, 0.3) is 0 Å². The highest BCUT2D eigenvalue weighted by molar-refractivity contribution is 9.11. The summed E-state index contributed by atoms with van der Waals surface area (Å²) in [5, 5.41) is 2.63. The average Bonchev–Trinajstić information content (AvgIpc) is 2.57. The first-order chi connectivity index (χ1) is 7.25. The molecule has 0 spiro atoms. The second-order valence-electron chi connectivity index (χ2n) is 3.36. The van der Waals surface area contributed by atoms with Crippen molar-refractivity contribution < 1.29 is 0 Å². The minimum absolute atomic E-state index is 1.13. The van der Waals surface area contributed by atoms with Crippen LogP contribution in [0.4, 0.5) is 0 Å². The minimum atomic E-state index is 1.13. The largest absolute Gasteiger partial charge is 0.135 e. The van der Waals surface area contributed by atoms with Crippen molar-refractivity contribution in [1.82, 2.24) is 0 Å². The lowest BCUT2D eigenvalue weighted by Gasteiger charge is -1.95. The van der Waals surface area contributed by atoms with E-state index in [1.807, 2.05) is 11.3 Å². The van der Waals surface area contributed by atoms with E-state index in [1.165, 1.54) is 24.6 Å². The highest BCUT2D eigenvalue weighted by atomic mass is 79.9. The zero-order chi connectivity index (χ0) is 10.4. The lowest BCUT2D eigenvalue weighted by atomic mass is 10.2. The van der Waals surface area contributed by atoms with Gasteiger partial charge in [0.1, 0.15) is 0 Å². The molecule has 0 unspecified atom stereocenters. The van der Waals surface area contributed by atoms with E-state index >= 15 is 0 Å². The first-order valence-corrected chi connectivity index (χ1v) is 6.92. The summed E-state index contributed by atoms with van der Waals surface area (Å²) < 4.78 is 4.97. The number of fused-ring (bicyclic) bond motifs is 3. The van der Waals surface area contributed by atoms with Crippen LogP contribution in [0.2, 0.25) is 0 Å². The van der Waals surface area contributed by atoms with Crippen LogP contribution in [0.5, 0.6) is 0 Å². The number of benzene rings is 2. The predicted molar refractivity (Wildman–Crippen MR) is 74.7 cm³/mol. The third-order valence-corrected chi connectivity index (χ3v) is 4.70. The molecule has 0 amide bonds. The molecule has 0 N–H and O–H groups in total. The van der Waals surface area contributed by atoms with Gasteiger partial charge in [-0.05, 0) is 30.3 Å². The Bertz CT molecular complexity index is 655. The normalized spacial score (nSPS) is 11.3. The van der Waals surface area contributed by atoms with Gasteiger partial charge in [0, 0.05) is 29.1 Å². The molecule has 0 atom stereocenters. The van der Waals surface area contributed by atoms with Gasteiger partial charge in [-0.1, -0.05) is 37.9 Å². The molecule has 1 aromatic heterocycles. The Hall–Kier alpha value is -0.380. The highest BCUT2D eigenvalue weighted by Gasteiger charge is 2.07. The molecule has 0 nitrogen and oxygen atoms in total. The monoisotopic (exact) mass is 340 g/mol. The molecule has 0 fully saturated rings. The van der Waals surface area contributed by atoms with Crippen LogP contribution in [-0.4, -0.2) is 0 Å². The molecule has 3 rings (SSSR count). The molecule has 3 aromatic rings. The van der Waals surface area contributed by atoms with Gasteiger partial charge in [-0.2, -0.15) is 0 Å². The molecule has 0 aliphatic rings. The second kappa shape index (κ2) is 3.58. The van der Waals surface area contributed by atoms with Crippen LogP contribution >= 0.6 is 43.2 Å². The van der Waals surface area contributed by atoms with E-state index < -0.39 is 0 Å². The van der Waals surface area contributed by atoms with Crippen molar-refractivity contribution in [3.8, 4) is 0 Å². The van der Waals surface area contributed by atoms with Crippen LogP contribution in [0.25, 0.3) is 20.2 Å². The molecule has 1 heterocycles. The Labute approximate surface area is 108 Å². The van der Waals surface area contributed by atoms with Gasteiger partial charge in [-0.3, -0.25) is 0 Å². The molecule has 0 bridgehead atoms. The Morgan fingerprint density at radius 2 is 1.80 bits per heavy atom. The lowest BCUT2D eigenvalue weighted by Crippen LogP contribution is -1.69. The first kappa shape index (κ1) is 9.82. The maximum absolute atomic E-state index is 3.61. The van der Waals surface area contributed by atoms with Gasteiger partial charge in [0.15, 0.2) is 0 Å². The maximum atomic E-state index is 3.61. The lowest BCUT2D eigenvalue weighted by molar-refractivity contribution is 1.76. The third kappa shape index (κ3) is 1.53. The Morgan fingerprint density at radius 1 is 0.933 bits per heavy atom. The summed E-state index contributed by atoms with van der Waals surface area (Å²) in [6, 6.07) is 12.8. The van der Waals surface area contributed by atoms with Crippen LogP contribution in [0.15, 0.2) is 45.3 Å². The molecule has 0 saturated heterocycles. The summed E-state index contributed by atoms with van der Waals surface area (Å²) in [5.41, 5.74) is 0. The van der Waals surface area contributed by atoms with Crippen molar-refractivity contribution in [2.75, 3.05) is 0 Å². The topological polar surface area (TPSA) is 0 Å². The van der Waals surface area contributed by atoms with E-state index in [-0.39, 0.29) is 0 Å². The van der Waals surface area contributed by atoms with Crippen molar-refractivity contribution in [2.24, 2.45) is 0 Å². The summed E-state index contributed by atoms with van der Waals surface area (Å²) in [4.78, 5) is 0. The zero-order valence-electron chi connectivity index (χ0n) is 7.63. The standard InChI is InChI=1S/C12H6Br2S/c13-7-4-5-10-8(6-7)12-9(14)2-1-3-11(12)15-10/h1-6H. The smallest absolute Gasteiger partial charge is 0.0366 e. The van der Waals surface area contributed by atoms with Crippen molar-refractivity contribution in [3.05, 3.63) is 45.3 Å². The van der Waals surface area contributed by atoms with Gasteiger partial charge in [-0.15, -0.1) is 11.3 Å². The van der Waals surface area contributed by atoms with Crippen molar-refractivity contribution in [1.29, 1.82) is 0 Å². The summed E-state index contributed by atoms with van der Waals surface area (Å²) in [6.07, 6.45) is 0. The average molecular weight is 342 g/mol. The van der Waals surface area contributed by atoms with Crippen LogP contribution in [0, 0.1) is 0 Å². The molecule has 15 heavy (non-hydrogen) atoms. The molecular formula is C12H6Br2S. The molecule has 0 radical (unpaired) electrons. The molecule has 2 aromatic carbocycles. The van der Waals surface area contributed by atoms with E-state index in [1.54, 1.807) is 0 Å². The summed E-state index contributed by atoms with van der Waals surface area (Å²) in [7, 11) is 0. The zero-order valence-corrected chi connectivity index (χ0v) is 11.6. The van der Waals surface area contributed by atoms with E-state index in [4.69, 9.17) is 0 Å². The number of halogens is 2. The number of hydrogen-bond acceptors (Lipinski definition) is 1. The third-order valence-electron chi connectivity index (χ3n) is 2.41. The van der Waals surface area contributed by atoms with Gasteiger partial charge < -0.3 is 0 Å². The number of hydrogen-bond donors (Lipinski definition) is 0. The maximum Gasteiger partial charge on any atom is 0.0366 e. The molecule has 3 heteroatoms. The minimum Gasteiger partial charge on any atom is -0.135 e. The Kier molecular flexibility index (Phi) is 2.34.